The molecule has 1 aromatic heterocycles. The number of aliphatic imine (C=N–C) groups is 1. The quantitative estimate of drug-likeness (QED) is 0.362. The van der Waals surface area contributed by atoms with E-state index in [-0.39, 0.29) is 24.0 Å². The molecule has 0 spiro atoms. The van der Waals surface area contributed by atoms with Crippen molar-refractivity contribution in [3.05, 3.63) is 35.7 Å². The van der Waals surface area contributed by atoms with Crippen LogP contribution in [-0.2, 0) is 12.8 Å². The average Bonchev–Trinajstić information content (AvgIpc) is 3.21. The molecule has 3 rings (SSSR count). The monoisotopic (exact) mass is 516 g/mol. The number of benzene rings is 1. The topological polar surface area (TPSA) is 65.9 Å². The number of methoxy groups -OCH3 is 1. The third-order valence-electron chi connectivity index (χ3n) is 4.71. The van der Waals surface area contributed by atoms with E-state index < -0.39 is 0 Å². The summed E-state index contributed by atoms with van der Waals surface area (Å²) < 4.78 is 9.82. The third kappa shape index (κ3) is 5.69. The van der Waals surface area contributed by atoms with Crippen LogP contribution in [0.15, 0.2) is 29.3 Å². The zero-order valence-electron chi connectivity index (χ0n) is 16.7. The Balaban J connectivity index is 0.00000280. The molecule has 1 N–H and O–H groups in total. The lowest BCUT2D eigenvalue weighted by Crippen LogP contribution is -2.52. The van der Waals surface area contributed by atoms with Crippen molar-refractivity contribution in [2.45, 2.75) is 19.8 Å². The second kappa shape index (κ2) is 11.4. The molecule has 154 valence electrons. The predicted octanol–water partition coefficient (Wildman–Crippen LogP) is 2.67. The molecule has 7 nitrogen and oxygen atoms in total. The summed E-state index contributed by atoms with van der Waals surface area (Å²) in [4.78, 5) is 13.7. The van der Waals surface area contributed by atoms with Crippen LogP contribution in [0.25, 0.3) is 0 Å². The van der Waals surface area contributed by atoms with Crippen LogP contribution in [0.3, 0.4) is 0 Å². The Labute approximate surface area is 188 Å². The van der Waals surface area contributed by atoms with E-state index in [0.717, 1.165) is 68.2 Å². The van der Waals surface area contributed by atoms with E-state index in [0.29, 0.717) is 0 Å². The molecular formula is C19H29IN6OS. The normalized spacial score (nSPS) is 14.6. The molecule has 0 aliphatic carbocycles. The van der Waals surface area contributed by atoms with Crippen LogP contribution >= 0.6 is 35.5 Å². The Morgan fingerprint density at radius 2 is 2.00 bits per heavy atom. The summed E-state index contributed by atoms with van der Waals surface area (Å²) in [6.07, 6.45) is 1.78. The van der Waals surface area contributed by atoms with E-state index in [1.807, 2.05) is 25.2 Å². The SMILES string of the molecule is CCc1nsc(N2CCN(C(=NC)NCCc3ccccc3OC)CC2)n1.I. The number of piperazine rings is 1. The van der Waals surface area contributed by atoms with Gasteiger partial charge in [0.15, 0.2) is 5.96 Å². The molecule has 0 amide bonds. The van der Waals surface area contributed by atoms with Gasteiger partial charge in [0.25, 0.3) is 0 Å². The molecule has 1 fully saturated rings. The van der Waals surface area contributed by atoms with E-state index in [2.05, 4.69) is 42.5 Å². The minimum absolute atomic E-state index is 0. The van der Waals surface area contributed by atoms with E-state index >= 15 is 0 Å². The van der Waals surface area contributed by atoms with Crippen molar-refractivity contribution in [1.29, 1.82) is 0 Å². The number of ether oxygens (including phenoxy) is 1. The summed E-state index contributed by atoms with van der Waals surface area (Å²) in [6.45, 7) is 6.63. The van der Waals surface area contributed by atoms with Gasteiger partial charge in [-0.3, -0.25) is 4.99 Å². The van der Waals surface area contributed by atoms with Gasteiger partial charge in [-0.1, -0.05) is 25.1 Å². The zero-order valence-corrected chi connectivity index (χ0v) is 19.9. The zero-order chi connectivity index (χ0) is 19.1. The molecule has 0 bridgehead atoms. The largest absolute Gasteiger partial charge is 0.496 e. The number of hydrogen-bond acceptors (Lipinski definition) is 6. The molecule has 1 aliphatic rings. The highest BCUT2D eigenvalue weighted by molar-refractivity contribution is 14.0. The second-order valence-corrected chi connectivity index (χ2v) is 7.09. The van der Waals surface area contributed by atoms with Gasteiger partial charge in [0.2, 0.25) is 5.13 Å². The number of aromatic nitrogens is 2. The number of guanidine groups is 1. The van der Waals surface area contributed by atoms with Crippen molar-refractivity contribution in [3.63, 3.8) is 0 Å². The van der Waals surface area contributed by atoms with Crippen molar-refractivity contribution in [2.75, 3.05) is 51.8 Å². The Bertz CT molecular complexity index is 760. The molecule has 0 unspecified atom stereocenters. The summed E-state index contributed by atoms with van der Waals surface area (Å²) >= 11 is 1.50. The van der Waals surface area contributed by atoms with Gasteiger partial charge in [0.05, 0.1) is 7.11 Å². The molecule has 28 heavy (non-hydrogen) atoms. The number of aryl methyl sites for hydroxylation is 1. The first-order chi connectivity index (χ1) is 13.2. The molecular weight excluding hydrogens is 487 g/mol. The van der Waals surface area contributed by atoms with Crippen LogP contribution in [0.4, 0.5) is 5.13 Å². The maximum Gasteiger partial charge on any atom is 0.205 e. The fourth-order valence-corrected chi connectivity index (χ4v) is 3.98. The van der Waals surface area contributed by atoms with E-state index in [1.165, 1.54) is 17.1 Å². The lowest BCUT2D eigenvalue weighted by molar-refractivity contribution is 0.372. The number of rotatable bonds is 6. The second-order valence-electron chi connectivity index (χ2n) is 6.36. The van der Waals surface area contributed by atoms with Gasteiger partial charge in [-0.25, -0.2) is 4.98 Å². The van der Waals surface area contributed by atoms with Gasteiger partial charge in [-0.15, -0.1) is 24.0 Å². The molecule has 1 aliphatic heterocycles. The van der Waals surface area contributed by atoms with Crippen LogP contribution in [0.1, 0.15) is 18.3 Å². The first-order valence-corrected chi connectivity index (χ1v) is 10.2. The summed E-state index contributed by atoms with van der Waals surface area (Å²) in [5.41, 5.74) is 1.20. The summed E-state index contributed by atoms with van der Waals surface area (Å²) in [5.74, 6) is 2.83. The molecule has 0 atom stereocenters. The highest BCUT2D eigenvalue weighted by Gasteiger charge is 2.21. The highest BCUT2D eigenvalue weighted by atomic mass is 127. The number of para-hydroxylation sites is 1. The van der Waals surface area contributed by atoms with Gasteiger partial charge in [-0.05, 0) is 18.1 Å². The average molecular weight is 516 g/mol. The summed E-state index contributed by atoms with van der Waals surface area (Å²) in [5, 5.41) is 4.52. The van der Waals surface area contributed by atoms with Gasteiger partial charge >= 0.3 is 0 Å². The first-order valence-electron chi connectivity index (χ1n) is 9.40. The molecule has 9 heteroatoms. The lowest BCUT2D eigenvalue weighted by Gasteiger charge is -2.36. The highest BCUT2D eigenvalue weighted by Crippen LogP contribution is 2.19. The fourth-order valence-electron chi connectivity index (χ4n) is 3.18. The number of halogens is 1. The van der Waals surface area contributed by atoms with Crippen molar-refractivity contribution < 1.29 is 4.74 Å². The van der Waals surface area contributed by atoms with Crippen molar-refractivity contribution in [1.82, 2.24) is 19.6 Å². The Kier molecular flexibility index (Phi) is 9.23. The van der Waals surface area contributed by atoms with Crippen LogP contribution in [0, 0.1) is 0 Å². The van der Waals surface area contributed by atoms with Crippen molar-refractivity contribution >= 4 is 46.6 Å². The lowest BCUT2D eigenvalue weighted by atomic mass is 10.1. The van der Waals surface area contributed by atoms with Crippen LogP contribution in [0.2, 0.25) is 0 Å². The van der Waals surface area contributed by atoms with Crippen molar-refractivity contribution in [2.24, 2.45) is 4.99 Å². The van der Waals surface area contributed by atoms with E-state index in [9.17, 15) is 0 Å². The molecule has 2 aromatic rings. The number of anilines is 1. The molecule has 0 saturated carbocycles. The Morgan fingerprint density at radius 3 is 2.64 bits per heavy atom. The van der Waals surface area contributed by atoms with Crippen molar-refractivity contribution in [3.8, 4) is 5.75 Å². The third-order valence-corrected chi connectivity index (χ3v) is 5.52. The maximum atomic E-state index is 5.43. The predicted molar refractivity (Wildman–Crippen MR) is 127 cm³/mol. The van der Waals surface area contributed by atoms with Gasteiger partial charge in [-0.2, -0.15) is 4.37 Å². The van der Waals surface area contributed by atoms with Gasteiger partial charge < -0.3 is 19.9 Å². The fraction of sp³-hybridized carbons (Fsp3) is 0.526. The Morgan fingerprint density at radius 1 is 1.25 bits per heavy atom. The van der Waals surface area contributed by atoms with E-state index in [4.69, 9.17) is 4.74 Å². The molecule has 1 saturated heterocycles. The van der Waals surface area contributed by atoms with Gasteiger partial charge in [0, 0.05) is 57.7 Å². The minimum Gasteiger partial charge on any atom is -0.496 e. The van der Waals surface area contributed by atoms with Gasteiger partial charge in [0.1, 0.15) is 11.6 Å². The maximum absolute atomic E-state index is 5.43. The summed E-state index contributed by atoms with van der Waals surface area (Å²) in [6, 6.07) is 8.15. The smallest absolute Gasteiger partial charge is 0.205 e. The van der Waals surface area contributed by atoms with Crippen LogP contribution < -0.4 is 15.0 Å². The molecule has 1 aromatic carbocycles. The standard InChI is InChI=1S/C19H28N6OS.HI/c1-4-17-22-19(27-23-17)25-13-11-24(12-14-25)18(20-2)21-10-9-15-7-5-6-8-16(15)26-3;/h5-8H,4,9-14H2,1-3H3,(H,20,21);1H. The Hall–Kier alpha value is -1.62. The van der Waals surface area contributed by atoms with Crippen LogP contribution in [-0.4, -0.2) is 67.1 Å². The van der Waals surface area contributed by atoms with Crippen LogP contribution in [0.5, 0.6) is 5.75 Å². The van der Waals surface area contributed by atoms with E-state index in [1.54, 1.807) is 7.11 Å². The summed E-state index contributed by atoms with van der Waals surface area (Å²) in [7, 11) is 3.56. The number of nitrogens with zero attached hydrogens (tertiary/aromatic N) is 5. The first kappa shape index (κ1) is 22.7. The number of hydrogen-bond donors (Lipinski definition) is 1. The number of nitrogens with one attached hydrogen (secondary N) is 1. The minimum atomic E-state index is 0. The molecule has 0 radical (unpaired) electrons. The molecule has 2 heterocycles.